The Hall–Kier alpha value is -2.21. The Balaban J connectivity index is 1.93. The van der Waals surface area contributed by atoms with E-state index in [0.29, 0.717) is 5.69 Å². The first-order valence-corrected chi connectivity index (χ1v) is 8.33. The molecule has 1 aromatic carbocycles. The van der Waals surface area contributed by atoms with Crippen LogP contribution in [0.1, 0.15) is 30.1 Å². The van der Waals surface area contributed by atoms with Gasteiger partial charge in [0, 0.05) is 11.8 Å². The monoisotopic (exact) mass is 332 g/mol. The maximum atomic E-state index is 12.0. The maximum Gasteiger partial charge on any atom is 0.326 e. The standard InChI is InChI=1S/C17H20N2O3S/c1-11(2)16(17(21)22)19-14(20)9-13-10-23-15(18-13)8-12-6-4-3-5-7-12/h3-7,10-11,16H,8-9H2,1-2H3,(H,19,20)(H,21,22)/t16-/m0/s1. The van der Waals surface area contributed by atoms with E-state index < -0.39 is 12.0 Å². The van der Waals surface area contributed by atoms with Crippen LogP contribution in [0.25, 0.3) is 0 Å². The number of hydrogen-bond donors (Lipinski definition) is 2. The molecule has 0 aliphatic rings. The van der Waals surface area contributed by atoms with Crippen LogP contribution in [0, 0.1) is 5.92 Å². The number of nitrogens with one attached hydrogen (secondary N) is 1. The minimum absolute atomic E-state index is 0.0990. The van der Waals surface area contributed by atoms with E-state index in [1.54, 1.807) is 13.8 Å². The molecule has 1 atom stereocenters. The number of thiazole rings is 1. The largest absolute Gasteiger partial charge is 0.480 e. The fourth-order valence-corrected chi connectivity index (χ4v) is 3.01. The maximum absolute atomic E-state index is 12.0. The zero-order chi connectivity index (χ0) is 16.8. The molecule has 0 saturated heterocycles. The van der Waals surface area contributed by atoms with Gasteiger partial charge in [-0.25, -0.2) is 9.78 Å². The van der Waals surface area contributed by atoms with Gasteiger partial charge in [-0.2, -0.15) is 0 Å². The number of carboxylic acid groups (broad SMARTS) is 1. The highest BCUT2D eigenvalue weighted by molar-refractivity contribution is 7.09. The van der Waals surface area contributed by atoms with Gasteiger partial charge in [0.1, 0.15) is 6.04 Å². The van der Waals surface area contributed by atoms with Crippen LogP contribution < -0.4 is 5.32 Å². The van der Waals surface area contributed by atoms with Gasteiger partial charge >= 0.3 is 5.97 Å². The van der Waals surface area contributed by atoms with Gasteiger partial charge in [0.15, 0.2) is 0 Å². The number of carboxylic acids is 1. The summed E-state index contributed by atoms with van der Waals surface area (Å²) in [5.41, 5.74) is 1.84. The summed E-state index contributed by atoms with van der Waals surface area (Å²) in [7, 11) is 0. The van der Waals surface area contributed by atoms with E-state index in [0.717, 1.165) is 11.4 Å². The van der Waals surface area contributed by atoms with Crippen LogP contribution in [-0.2, 0) is 22.4 Å². The average Bonchev–Trinajstić information content (AvgIpc) is 2.92. The molecule has 0 radical (unpaired) electrons. The number of rotatable bonds is 7. The second kappa shape index (κ2) is 7.87. The van der Waals surface area contributed by atoms with E-state index in [4.69, 9.17) is 5.11 Å². The highest BCUT2D eigenvalue weighted by Gasteiger charge is 2.23. The van der Waals surface area contributed by atoms with Crippen LogP contribution in [0.15, 0.2) is 35.7 Å². The van der Waals surface area contributed by atoms with E-state index in [2.05, 4.69) is 10.3 Å². The minimum atomic E-state index is -1.02. The first-order valence-electron chi connectivity index (χ1n) is 7.45. The molecule has 1 aromatic heterocycles. The van der Waals surface area contributed by atoms with Gasteiger partial charge in [0.2, 0.25) is 5.91 Å². The van der Waals surface area contributed by atoms with Gasteiger partial charge in [0.25, 0.3) is 0 Å². The summed E-state index contributed by atoms with van der Waals surface area (Å²) in [6.45, 7) is 3.53. The normalized spacial score (nSPS) is 12.1. The van der Waals surface area contributed by atoms with Crippen LogP contribution in [0.3, 0.4) is 0 Å². The van der Waals surface area contributed by atoms with Gasteiger partial charge in [-0.3, -0.25) is 4.79 Å². The van der Waals surface area contributed by atoms with Crippen molar-refractivity contribution in [1.82, 2.24) is 10.3 Å². The third-order valence-corrected chi connectivity index (χ3v) is 4.29. The molecule has 2 rings (SSSR count). The van der Waals surface area contributed by atoms with Crippen molar-refractivity contribution in [1.29, 1.82) is 0 Å². The molecule has 0 bridgehead atoms. The van der Waals surface area contributed by atoms with Crippen molar-refractivity contribution in [3.63, 3.8) is 0 Å². The molecular weight excluding hydrogens is 312 g/mol. The Morgan fingerprint density at radius 3 is 2.57 bits per heavy atom. The van der Waals surface area contributed by atoms with Crippen molar-refractivity contribution in [3.05, 3.63) is 52.0 Å². The second-order valence-corrected chi connectivity index (χ2v) is 6.64. The zero-order valence-corrected chi connectivity index (χ0v) is 14.0. The van der Waals surface area contributed by atoms with E-state index in [9.17, 15) is 9.59 Å². The van der Waals surface area contributed by atoms with Crippen molar-refractivity contribution in [2.75, 3.05) is 0 Å². The van der Waals surface area contributed by atoms with Gasteiger partial charge in [-0.1, -0.05) is 44.2 Å². The Labute approximate surface area is 139 Å². The summed E-state index contributed by atoms with van der Waals surface area (Å²) in [6, 6.07) is 9.13. The van der Waals surface area contributed by atoms with Crippen LogP contribution in [0.2, 0.25) is 0 Å². The van der Waals surface area contributed by atoms with Crippen LogP contribution in [0.5, 0.6) is 0 Å². The Bertz CT molecular complexity index is 667. The molecule has 0 saturated carbocycles. The molecule has 23 heavy (non-hydrogen) atoms. The first-order chi connectivity index (χ1) is 11.0. The molecule has 0 aliphatic heterocycles. The number of benzene rings is 1. The number of nitrogens with zero attached hydrogens (tertiary/aromatic N) is 1. The number of carbonyl (C=O) groups excluding carboxylic acids is 1. The molecule has 6 heteroatoms. The summed E-state index contributed by atoms with van der Waals surface area (Å²) < 4.78 is 0. The third-order valence-electron chi connectivity index (χ3n) is 3.39. The van der Waals surface area contributed by atoms with Crippen molar-refractivity contribution in [2.24, 2.45) is 5.92 Å². The quantitative estimate of drug-likeness (QED) is 0.816. The Morgan fingerprint density at radius 2 is 1.96 bits per heavy atom. The zero-order valence-electron chi connectivity index (χ0n) is 13.2. The molecule has 1 amide bonds. The fourth-order valence-electron chi connectivity index (χ4n) is 2.18. The van der Waals surface area contributed by atoms with Crippen molar-refractivity contribution in [2.45, 2.75) is 32.7 Å². The van der Waals surface area contributed by atoms with Crippen LogP contribution in [-0.4, -0.2) is 28.0 Å². The SMILES string of the molecule is CC(C)[C@H](NC(=O)Cc1csc(Cc2ccccc2)n1)C(=O)O. The summed E-state index contributed by atoms with van der Waals surface area (Å²) in [5.74, 6) is -1.50. The molecule has 0 fully saturated rings. The molecule has 2 aromatic rings. The average molecular weight is 332 g/mol. The summed E-state index contributed by atoms with van der Waals surface area (Å²) in [5, 5.41) is 14.4. The van der Waals surface area contributed by atoms with Crippen LogP contribution >= 0.6 is 11.3 Å². The number of aliphatic carboxylic acids is 1. The lowest BCUT2D eigenvalue weighted by Crippen LogP contribution is -2.44. The van der Waals surface area contributed by atoms with Gasteiger partial charge < -0.3 is 10.4 Å². The molecule has 0 unspecified atom stereocenters. The number of carbonyl (C=O) groups is 2. The summed E-state index contributed by atoms with van der Waals surface area (Å²) in [6.07, 6.45) is 0.832. The predicted octanol–water partition coefficient (Wildman–Crippen LogP) is 2.50. The van der Waals surface area contributed by atoms with Gasteiger partial charge in [-0.05, 0) is 11.5 Å². The number of hydrogen-bond acceptors (Lipinski definition) is 4. The number of amides is 1. The molecule has 122 valence electrons. The second-order valence-electron chi connectivity index (χ2n) is 5.70. The summed E-state index contributed by atoms with van der Waals surface area (Å²) >= 11 is 1.51. The Morgan fingerprint density at radius 1 is 1.26 bits per heavy atom. The van der Waals surface area contributed by atoms with Gasteiger partial charge in [0.05, 0.1) is 17.1 Å². The third kappa shape index (κ3) is 5.17. The van der Waals surface area contributed by atoms with Crippen molar-refractivity contribution >= 4 is 23.2 Å². The molecule has 1 heterocycles. The van der Waals surface area contributed by atoms with E-state index in [1.807, 2.05) is 35.7 Å². The molecule has 0 spiro atoms. The highest BCUT2D eigenvalue weighted by Crippen LogP contribution is 2.15. The molecular formula is C17H20N2O3S. The fraction of sp³-hybridized carbons (Fsp3) is 0.353. The highest BCUT2D eigenvalue weighted by atomic mass is 32.1. The molecule has 0 aliphatic carbocycles. The predicted molar refractivity (Wildman–Crippen MR) is 89.5 cm³/mol. The lowest BCUT2D eigenvalue weighted by molar-refractivity contribution is -0.143. The van der Waals surface area contributed by atoms with E-state index in [-0.39, 0.29) is 18.2 Å². The van der Waals surface area contributed by atoms with Crippen molar-refractivity contribution in [3.8, 4) is 0 Å². The minimum Gasteiger partial charge on any atom is -0.480 e. The van der Waals surface area contributed by atoms with Crippen LogP contribution in [0.4, 0.5) is 0 Å². The molecule has 5 nitrogen and oxygen atoms in total. The van der Waals surface area contributed by atoms with E-state index in [1.165, 1.54) is 16.9 Å². The number of aromatic nitrogens is 1. The topological polar surface area (TPSA) is 79.3 Å². The molecule has 2 N–H and O–H groups in total. The lowest BCUT2D eigenvalue weighted by atomic mass is 10.0. The van der Waals surface area contributed by atoms with Crippen molar-refractivity contribution < 1.29 is 14.7 Å². The smallest absolute Gasteiger partial charge is 0.326 e. The lowest BCUT2D eigenvalue weighted by Gasteiger charge is -2.17. The summed E-state index contributed by atoms with van der Waals surface area (Å²) in [4.78, 5) is 27.6. The Kier molecular flexibility index (Phi) is 5.87. The first kappa shape index (κ1) is 17.1. The van der Waals surface area contributed by atoms with Gasteiger partial charge in [-0.15, -0.1) is 11.3 Å². The van der Waals surface area contributed by atoms with E-state index >= 15 is 0 Å².